The molecule has 0 spiro atoms. The summed E-state index contributed by atoms with van der Waals surface area (Å²) in [6.07, 6.45) is -16.7. The van der Waals surface area contributed by atoms with E-state index in [1.54, 1.807) is 0 Å². The van der Waals surface area contributed by atoms with Crippen LogP contribution in [0.25, 0.3) is 22.6 Å². The third kappa shape index (κ3) is 7.32. The summed E-state index contributed by atoms with van der Waals surface area (Å²) in [4.78, 5) is 23.1. The summed E-state index contributed by atoms with van der Waals surface area (Å²) in [5.41, 5.74) is -1.06. The molecule has 0 bridgehead atoms. The predicted octanol–water partition coefficient (Wildman–Crippen LogP) is -0.749. The van der Waals surface area contributed by atoms with Crippen molar-refractivity contribution in [2.24, 2.45) is 0 Å². The molecule has 1 aliphatic carbocycles. The van der Waals surface area contributed by atoms with Gasteiger partial charge in [-0.15, -0.1) is 0 Å². The van der Waals surface area contributed by atoms with E-state index in [0.717, 1.165) is 36.4 Å². The Morgan fingerprint density at radius 1 is 0.736 bits per heavy atom. The van der Waals surface area contributed by atoms with Crippen LogP contribution in [0.4, 0.5) is 0 Å². The molecule has 0 saturated carbocycles. The summed E-state index contributed by atoms with van der Waals surface area (Å²) in [6, 6.07) is 8.21. The van der Waals surface area contributed by atoms with Gasteiger partial charge in [0.1, 0.15) is 47.6 Å². The van der Waals surface area contributed by atoms with Crippen LogP contribution in [0.3, 0.4) is 0 Å². The molecule has 53 heavy (non-hydrogen) atoms. The number of phenols is 6. The number of fused-ring (bicyclic) bond motifs is 1. The van der Waals surface area contributed by atoms with Crippen LogP contribution in [0.15, 0.2) is 57.7 Å². The topological polar surface area (TPSA) is 320 Å². The third-order valence-electron chi connectivity index (χ3n) is 8.73. The van der Waals surface area contributed by atoms with E-state index in [0.29, 0.717) is 0 Å². The van der Waals surface area contributed by atoms with Gasteiger partial charge in [-0.1, -0.05) is 0 Å². The van der Waals surface area contributed by atoms with Gasteiger partial charge in [0, 0.05) is 29.8 Å². The number of aliphatic hydroxyl groups is 5. The standard InChI is InChI=1S/C34H34O19/c1-11-24(41)27(44)29(46)33(49-11)48-10-23-26(43)28(45)31(53-32(47)13-5-19(39)25(42)20(40)6-13)34(52-23)51-22-9-15-17(37)7-14(35)8-21(15)50-30(22)12-2-3-16(36)18(38)4-12/h2-9,11,23-24,26-29,31,33-34,36-46H,10H2,1H3/p+1/t11-,23+,24-,26+,27+,28-,29+,31+,33+,34+/m0/s1. The molecule has 12 N–H and O–H groups in total. The number of benzene rings is 3. The van der Waals surface area contributed by atoms with E-state index < -0.39 is 119 Å². The quantitative estimate of drug-likeness (QED) is 0.0600. The number of aromatic hydroxyl groups is 6. The van der Waals surface area contributed by atoms with Crippen LogP contribution in [-0.2, 0) is 18.9 Å². The Morgan fingerprint density at radius 3 is 2.11 bits per heavy atom. The average molecular weight is 748 g/mol. The molecule has 0 amide bonds. The maximum absolute atomic E-state index is 12.2. The van der Waals surface area contributed by atoms with Crippen molar-refractivity contribution >= 4 is 5.97 Å². The smallest absolute Gasteiger partial charge is 0.507 e. The summed E-state index contributed by atoms with van der Waals surface area (Å²) >= 11 is 0. The van der Waals surface area contributed by atoms with E-state index in [4.69, 9.17) is 28.1 Å². The highest BCUT2D eigenvalue weighted by Crippen LogP contribution is 2.43. The van der Waals surface area contributed by atoms with Crippen molar-refractivity contribution in [1.82, 2.24) is 0 Å². The van der Waals surface area contributed by atoms with Crippen molar-refractivity contribution in [3.8, 4) is 62.9 Å². The fourth-order valence-corrected chi connectivity index (χ4v) is 5.78. The Kier molecular flexibility index (Phi) is 10.3. The second kappa shape index (κ2) is 14.6. The monoisotopic (exact) mass is 747 g/mol. The van der Waals surface area contributed by atoms with Gasteiger partial charge in [0.15, 0.2) is 58.1 Å². The minimum absolute atomic E-state index is 0.0458. The number of rotatable bonds is 8. The molecule has 4 aliphatic rings. The van der Waals surface area contributed by atoms with Gasteiger partial charge in [-0.3, -0.25) is 4.79 Å². The van der Waals surface area contributed by atoms with Gasteiger partial charge < -0.3 is 89.1 Å². The lowest BCUT2D eigenvalue weighted by atomic mass is 9.98. The highest BCUT2D eigenvalue weighted by molar-refractivity contribution is 5.92. The molecule has 0 radical (unpaired) electrons. The first-order chi connectivity index (χ1) is 25.0. The van der Waals surface area contributed by atoms with Crippen LogP contribution in [0.5, 0.6) is 40.2 Å². The fourth-order valence-electron chi connectivity index (χ4n) is 5.78. The number of hydrogen-bond donors (Lipinski definition) is 11. The van der Waals surface area contributed by atoms with Gasteiger partial charge in [0.25, 0.3) is 12.4 Å². The zero-order valence-corrected chi connectivity index (χ0v) is 27.3. The summed E-state index contributed by atoms with van der Waals surface area (Å²) in [7, 11) is 0. The molecule has 6 rings (SSSR count). The lowest BCUT2D eigenvalue weighted by molar-refractivity contribution is -0.317. The Balaban J connectivity index is 1.38. The fraction of sp³-hybridized carbons (Fsp3) is 0.353. The van der Waals surface area contributed by atoms with Gasteiger partial charge in [0.05, 0.1) is 18.3 Å². The first kappa shape index (κ1) is 37.4. The molecule has 0 unspecified atom stereocenters. The zero-order chi connectivity index (χ0) is 38.5. The Bertz CT molecular complexity index is 1990. The van der Waals surface area contributed by atoms with Gasteiger partial charge in [-0.25, -0.2) is 0 Å². The zero-order valence-electron chi connectivity index (χ0n) is 27.3. The van der Waals surface area contributed by atoms with Crippen molar-refractivity contribution in [3.05, 3.63) is 64.3 Å². The van der Waals surface area contributed by atoms with Crippen LogP contribution in [-0.4, -0.2) is 135 Å². The molecule has 2 aromatic rings. The van der Waals surface area contributed by atoms with Crippen molar-refractivity contribution in [2.45, 2.75) is 68.3 Å². The molecule has 19 nitrogen and oxygen atoms in total. The van der Waals surface area contributed by atoms with Crippen molar-refractivity contribution in [3.63, 3.8) is 0 Å². The van der Waals surface area contributed by atoms with Crippen LogP contribution in [0.1, 0.15) is 12.5 Å². The van der Waals surface area contributed by atoms with Gasteiger partial charge >= 0.3 is 5.97 Å². The minimum atomic E-state index is -2.03. The van der Waals surface area contributed by atoms with Crippen LogP contribution >= 0.6 is 0 Å². The van der Waals surface area contributed by atoms with Gasteiger partial charge in [0.2, 0.25) is 0 Å². The maximum atomic E-state index is 12.2. The van der Waals surface area contributed by atoms with E-state index in [1.807, 2.05) is 0 Å². The molecule has 2 fully saturated rings. The first-order valence-corrected chi connectivity index (χ1v) is 15.8. The molecule has 3 heterocycles. The molecular formula is C34H35O19+. The summed E-state index contributed by atoms with van der Waals surface area (Å²) in [5, 5.41) is 113. The van der Waals surface area contributed by atoms with Gasteiger partial charge in [-0.2, -0.15) is 0 Å². The average Bonchev–Trinajstić information content (AvgIpc) is 3.11. The Labute approximate surface area is 297 Å². The largest absolute Gasteiger partial charge is 0.518 e. The van der Waals surface area contributed by atoms with E-state index in [9.17, 15) is 65.8 Å². The highest BCUT2D eigenvalue weighted by atomic mass is 16.7. The second-order valence-electron chi connectivity index (χ2n) is 12.4. The second-order valence-corrected chi connectivity index (χ2v) is 12.4. The molecule has 10 atom stereocenters. The van der Waals surface area contributed by atoms with Crippen LogP contribution in [0.2, 0.25) is 0 Å². The van der Waals surface area contributed by atoms with E-state index >= 15 is 0 Å². The van der Waals surface area contributed by atoms with E-state index in [2.05, 4.69) is 0 Å². The summed E-state index contributed by atoms with van der Waals surface area (Å²) in [5.74, 6) is -6.04. The number of hydrogen-bond acceptors (Lipinski definition) is 18. The lowest BCUT2D eigenvalue weighted by Crippen LogP contribution is -2.62. The number of phenolic OH excluding ortho intramolecular Hbond substituents is 6. The summed E-state index contributed by atoms with van der Waals surface area (Å²) < 4.78 is 34.5. The molecule has 19 heteroatoms. The van der Waals surface area contributed by atoms with Crippen molar-refractivity contribution in [1.29, 1.82) is 0 Å². The number of carbonyl (C=O) groups excluding carboxylic acids is 1. The van der Waals surface area contributed by atoms with E-state index in [-0.39, 0.29) is 28.4 Å². The summed E-state index contributed by atoms with van der Waals surface area (Å²) in [6.45, 7) is 0.745. The van der Waals surface area contributed by atoms with Crippen molar-refractivity contribution in [2.75, 3.05) is 6.61 Å². The Morgan fingerprint density at radius 2 is 1.43 bits per heavy atom. The van der Waals surface area contributed by atoms with Crippen LogP contribution < -0.4 is 10.2 Å². The minimum Gasteiger partial charge on any atom is -0.507 e. The molecule has 284 valence electrons. The Hall–Kier alpha value is -5.38. The molecule has 2 saturated heterocycles. The molecular weight excluding hydrogens is 712 g/mol. The van der Waals surface area contributed by atoms with Crippen LogP contribution in [0, 0.1) is 0 Å². The maximum Gasteiger partial charge on any atom is 0.518 e. The highest BCUT2D eigenvalue weighted by Gasteiger charge is 2.53. The number of esters is 1. The lowest BCUT2D eigenvalue weighted by Gasteiger charge is -2.41. The predicted molar refractivity (Wildman–Crippen MR) is 174 cm³/mol. The van der Waals surface area contributed by atoms with E-state index in [1.165, 1.54) is 19.1 Å². The van der Waals surface area contributed by atoms with Gasteiger partial charge in [-0.05, 0) is 31.2 Å². The number of aliphatic hydroxyl groups excluding tert-OH is 5. The number of ether oxygens (including phenoxy) is 5. The SMILES string of the molecule is C[C@@H]1O[C@@H](OC[C@H]2O[C@@H](Oc3cc4c(O)cc(=O)cc-4oc3-c3ccc(O)c(O)c3)[C@H](OC(=[OH+])c3cc(O)c(O)c(O)c3)[C@@H](O)[C@@H]2O)[C@H](O)[C@H](O)[C@H]1O. The normalized spacial score (nSPS) is 28.8. The molecule has 3 aliphatic heterocycles. The molecule has 0 aromatic heterocycles. The third-order valence-corrected chi connectivity index (χ3v) is 8.73. The molecule has 2 aromatic carbocycles. The first-order valence-electron chi connectivity index (χ1n) is 15.8. The van der Waals surface area contributed by atoms with Crippen molar-refractivity contribution < 1.29 is 89.1 Å².